The van der Waals surface area contributed by atoms with Gasteiger partial charge in [0.25, 0.3) is 0 Å². The molecule has 1 fully saturated rings. The maximum absolute atomic E-state index is 13.7. The molecule has 0 aromatic carbocycles. The van der Waals surface area contributed by atoms with Gasteiger partial charge in [-0.3, -0.25) is 4.90 Å². The third kappa shape index (κ3) is 6.09. The van der Waals surface area contributed by atoms with Crippen LogP contribution < -0.4 is 4.74 Å². The van der Waals surface area contributed by atoms with E-state index in [2.05, 4.69) is 9.88 Å². The second-order valence-electron chi connectivity index (χ2n) is 5.99. The predicted octanol–water partition coefficient (Wildman–Crippen LogP) is 4.87. The SMILES string of the molecule is CC.CC(C)Oc1ncc(CN2CCC(C)(F)CC2)cc1Cl. The van der Waals surface area contributed by atoms with Crippen molar-refractivity contribution in [3.63, 3.8) is 0 Å². The first kappa shape index (κ1) is 19.2. The molecule has 1 aromatic rings. The van der Waals surface area contributed by atoms with Crippen molar-refractivity contribution in [2.45, 2.75) is 65.8 Å². The quantitative estimate of drug-likeness (QED) is 0.787. The molecule has 3 nitrogen and oxygen atoms in total. The molecule has 0 atom stereocenters. The highest BCUT2D eigenvalue weighted by molar-refractivity contribution is 6.31. The van der Waals surface area contributed by atoms with Crippen molar-refractivity contribution in [1.29, 1.82) is 0 Å². The Morgan fingerprint density at radius 3 is 2.45 bits per heavy atom. The molecule has 0 N–H and O–H groups in total. The van der Waals surface area contributed by atoms with Crippen LogP contribution in [-0.2, 0) is 6.54 Å². The van der Waals surface area contributed by atoms with E-state index in [9.17, 15) is 4.39 Å². The Labute approximate surface area is 138 Å². The molecule has 22 heavy (non-hydrogen) atoms. The fraction of sp³-hybridized carbons (Fsp3) is 0.706. The minimum atomic E-state index is -1.01. The number of hydrogen-bond donors (Lipinski definition) is 0. The van der Waals surface area contributed by atoms with E-state index in [0.717, 1.165) is 25.2 Å². The highest BCUT2D eigenvalue weighted by Crippen LogP contribution is 2.28. The van der Waals surface area contributed by atoms with Gasteiger partial charge in [0.05, 0.1) is 6.10 Å². The van der Waals surface area contributed by atoms with E-state index in [1.807, 2.05) is 33.8 Å². The Hall–Kier alpha value is -0.870. The number of pyridine rings is 1. The van der Waals surface area contributed by atoms with E-state index >= 15 is 0 Å². The molecule has 0 saturated carbocycles. The summed E-state index contributed by atoms with van der Waals surface area (Å²) in [7, 11) is 0. The lowest BCUT2D eigenvalue weighted by molar-refractivity contribution is 0.0704. The lowest BCUT2D eigenvalue weighted by Crippen LogP contribution is -2.39. The third-order valence-corrected chi connectivity index (χ3v) is 3.79. The zero-order valence-corrected chi connectivity index (χ0v) is 15.1. The molecular weight excluding hydrogens is 303 g/mol. The van der Waals surface area contributed by atoms with Gasteiger partial charge in [-0.1, -0.05) is 25.4 Å². The fourth-order valence-corrected chi connectivity index (χ4v) is 2.53. The van der Waals surface area contributed by atoms with E-state index < -0.39 is 5.67 Å². The molecule has 0 unspecified atom stereocenters. The van der Waals surface area contributed by atoms with Gasteiger partial charge in [0.15, 0.2) is 0 Å². The van der Waals surface area contributed by atoms with Crippen LogP contribution in [0.2, 0.25) is 5.02 Å². The summed E-state index contributed by atoms with van der Waals surface area (Å²) in [6, 6.07) is 1.88. The summed E-state index contributed by atoms with van der Waals surface area (Å²) in [6.45, 7) is 11.9. The summed E-state index contributed by atoms with van der Waals surface area (Å²) in [5.74, 6) is 0.473. The normalized spacial score (nSPS) is 17.8. The van der Waals surface area contributed by atoms with Gasteiger partial charge in [-0.25, -0.2) is 9.37 Å². The summed E-state index contributed by atoms with van der Waals surface area (Å²) in [5.41, 5.74) is 0.0232. The van der Waals surface area contributed by atoms with Crippen LogP contribution in [0.25, 0.3) is 0 Å². The van der Waals surface area contributed by atoms with Gasteiger partial charge in [-0.15, -0.1) is 0 Å². The van der Waals surface area contributed by atoms with Crippen LogP contribution >= 0.6 is 11.6 Å². The Balaban J connectivity index is 0.00000116. The van der Waals surface area contributed by atoms with Crippen LogP contribution in [0.5, 0.6) is 5.88 Å². The summed E-state index contributed by atoms with van der Waals surface area (Å²) in [4.78, 5) is 6.49. The number of aromatic nitrogens is 1. The first-order valence-electron chi connectivity index (χ1n) is 8.08. The maximum Gasteiger partial charge on any atom is 0.232 e. The van der Waals surface area contributed by atoms with Gasteiger partial charge in [-0.2, -0.15) is 0 Å². The molecule has 126 valence electrons. The number of nitrogens with zero attached hydrogens (tertiary/aromatic N) is 2. The van der Waals surface area contributed by atoms with Crippen molar-refractivity contribution < 1.29 is 9.13 Å². The summed E-state index contributed by atoms with van der Waals surface area (Å²) in [6.07, 6.45) is 3.01. The fourth-order valence-electron chi connectivity index (χ4n) is 2.30. The number of alkyl halides is 1. The average Bonchev–Trinajstić information content (AvgIpc) is 2.46. The zero-order chi connectivity index (χ0) is 16.8. The molecule has 0 radical (unpaired) electrons. The van der Waals surface area contributed by atoms with E-state index in [1.165, 1.54) is 0 Å². The van der Waals surface area contributed by atoms with Crippen molar-refractivity contribution in [2.75, 3.05) is 13.1 Å². The molecule has 1 saturated heterocycles. The monoisotopic (exact) mass is 330 g/mol. The average molecular weight is 331 g/mol. The van der Waals surface area contributed by atoms with Crippen molar-refractivity contribution >= 4 is 11.6 Å². The van der Waals surface area contributed by atoms with Crippen molar-refractivity contribution in [2.24, 2.45) is 0 Å². The molecule has 0 spiro atoms. The first-order chi connectivity index (χ1) is 10.4. The Kier molecular flexibility index (Phi) is 7.57. The highest BCUT2D eigenvalue weighted by Gasteiger charge is 2.29. The molecule has 2 heterocycles. The summed E-state index contributed by atoms with van der Waals surface area (Å²) < 4.78 is 19.3. The van der Waals surface area contributed by atoms with Crippen LogP contribution in [-0.4, -0.2) is 34.7 Å². The Morgan fingerprint density at radius 1 is 1.36 bits per heavy atom. The van der Waals surface area contributed by atoms with Gasteiger partial charge in [0.1, 0.15) is 10.7 Å². The van der Waals surface area contributed by atoms with Crippen LogP contribution in [0.4, 0.5) is 4.39 Å². The van der Waals surface area contributed by atoms with E-state index in [4.69, 9.17) is 16.3 Å². The molecule has 1 aliphatic heterocycles. The Morgan fingerprint density at radius 2 is 1.95 bits per heavy atom. The van der Waals surface area contributed by atoms with Crippen molar-refractivity contribution in [3.05, 3.63) is 22.8 Å². The van der Waals surface area contributed by atoms with Gasteiger partial charge in [-0.05, 0) is 45.2 Å². The highest BCUT2D eigenvalue weighted by atomic mass is 35.5. The topological polar surface area (TPSA) is 25.4 Å². The third-order valence-electron chi connectivity index (χ3n) is 3.52. The van der Waals surface area contributed by atoms with Gasteiger partial charge >= 0.3 is 0 Å². The zero-order valence-electron chi connectivity index (χ0n) is 14.3. The summed E-state index contributed by atoms with van der Waals surface area (Å²) in [5, 5.41) is 0.531. The van der Waals surface area contributed by atoms with E-state index in [1.54, 1.807) is 13.1 Å². The Bertz CT molecular complexity index is 456. The minimum absolute atomic E-state index is 0.0511. The first-order valence-corrected chi connectivity index (χ1v) is 8.46. The lowest BCUT2D eigenvalue weighted by atomic mass is 9.95. The van der Waals surface area contributed by atoms with Crippen LogP contribution in [0.15, 0.2) is 12.3 Å². The smallest absolute Gasteiger partial charge is 0.232 e. The number of rotatable bonds is 4. The van der Waals surface area contributed by atoms with Gasteiger partial charge < -0.3 is 4.74 Å². The molecule has 0 bridgehead atoms. The van der Waals surface area contributed by atoms with E-state index in [-0.39, 0.29) is 6.10 Å². The minimum Gasteiger partial charge on any atom is -0.474 e. The largest absolute Gasteiger partial charge is 0.474 e. The van der Waals surface area contributed by atoms with Crippen LogP contribution in [0.1, 0.15) is 53.0 Å². The molecule has 1 aliphatic rings. The number of piperidine rings is 1. The molecular formula is C17H28ClFN2O. The molecule has 5 heteroatoms. The predicted molar refractivity (Wildman–Crippen MR) is 90.4 cm³/mol. The second-order valence-corrected chi connectivity index (χ2v) is 6.39. The van der Waals surface area contributed by atoms with Crippen LogP contribution in [0, 0.1) is 0 Å². The lowest BCUT2D eigenvalue weighted by Gasteiger charge is -2.34. The number of ether oxygens (including phenoxy) is 1. The maximum atomic E-state index is 13.7. The van der Waals surface area contributed by atoms with Gasteiger partial charge in [0.2, 0.25) is 5.88 Å². The molecule has 1 aromatic heterocycles. The summed E-state index contributed by atoms with van der Waals surface area (Å²) >= 11 is 6.17. The second kappa shape index (κ2) is 8.68. The molecule has 0 aliphatic carbocycles. The van der Waals surface area contributed by atoms with Crippen LogP contribution in [0.3, 0.4) is 0 Å². The van der Waals surface area contributed by atoms with Crippen molar-refractivity contribution in [1.82, 2.24) is 9.88 Å². The number of likely N-dealkylation sites (tertiary alicyclic amines) is 1. The van der Waals surface area contributed by atoms with Crippen molar-refractivity contribution in [3.8, 4) is 5.88 Å². The molecule has 0 amide bonds. The van der Waals surface area contributed by atoms with Gasteiger partial charge in [0, 0.05) is 25.8 Å². The number of hydrogen-bond acceptors (Lipinski definition) is 3. The van der Waals surface area contributed by atoms with E-state index in [0.29, 0.717) is 23.7 Å². The number of halogens is 2. The molecule has 2 rings (SSSR count). The standard InChI is InChI=1S/C15H22ClFN2O.C2H6/c1-11(2)20-14-13(16)8-12(9-18-14)10-19-6-4-15(3,17)5-7-19;1-2/h8-9,11H,4-7,10H2,1-3H3;1-2H3.